The predicted octanol–water partition coefficient (Wildman–Crippen LogP) is 1.44. The summed E-state index contributed by atoms with van der Waals surface area (Å²) < 4.78 is 0.818. The van der Waals surface area contributed by atoms with Crippen LogP contribution in [0.15, 0.2) is 28.0 Å². The van der Waals surface area contributed by atoms with Gasteiger partial charge in [0, 0.05) is 30.2 Å². The smallest absolute Gasteiger partial charge is 0.272 e. The molecule has 6 nitrogen and oxygen atoms in total. The molecule has 0 radical (unpaired) electrons. The third-order valence-corrected chi connectivity index (χ3v) is 2.85. The average molecular weight is 315 g/mol. The number of rotatable bonds is 5. The van der Waals surface area contributed by atoms with Gasteiger partial charge in [0.25, 0.3) is 5.91 Å². The molecular weight excluding hydrogens is 300 g/mol. The molecule has 1 amide bonds. The molecule has 0 fully saturated rings. The molecule has 1 aromatic rings. The number of hydrogen-bond acceptors (Lipinski definition) is 4. The van der Waals surface area contributed by atoms with Crippen molar-refractivity contribution in [2.45, 2.75) is 13.3 Å². The standard InChI is InChI=1S/C11H15BrN4O2/c1-2-16(6-5-10(13)15-18)11(17)9-4-3-8(12)7-14-9/h3-4,7,18H,2,5-6H2,1H3,(H2,13,15). The Hall–Kier alpha value is -1.63. The number of halogens is 1. The molecule has 0 spiro atoms. The summed E-state index contributed by atoms with van der Waals surface area (Å²) in [5.74, 6) is -0.0687. The van der Waals surface area contributed by atoms with Gasteiger partial charge in [-0.05, 0) is 35.0 Å². The maximum atomic E-state index is 12.1. The molecule has 1 rings (SSSR count). The van der Waals surface area contributed by atoms with E-state index in [0.717, 1.165) is 4.47 Å². The van der Waals surface area contributed by atoms with Gasteiger partial charge >= 0.3 is 0 Å². The van der Waals surface area contributed by atoms with E-state index in [1.807, 2.05) is 6.92 Å². The summed E-state index contributed by atoms with van der Waals surface area (Å²) in [6.45, 7) is 2.79. The molecule has 0 saturated heterocycles. The fraction of sp³-hybridized carbons (Fsp3) is 0.364. The number of amides is 1. The molecule has 98 valence electrons. The molecule has 7 heteroatoms. The normalized spacial score (nSPS) is 11.3. The van der Waals surface area contributed by atoms with Crippen molar-refractivity contribution < 1.29 is 10.0 Å². The molecule has 0 atom stereocenters. The van der Waals surface area contributed by atoms with Crippen LogP contribution >= 0.6 is 15.9 Å². The zero-order chi connectivity index (χ0) is 13.5. The first-order valence-corrected chi connectivity index (χ1v) is 6.25. The van der Waals surface area contributed by atoms with Crippen LogP contribution in [-0.4, -0.2) is 39.9 Å². The molecule has 18 heavy (non-hydrogen) atoms. The minimum absolute atomic E-state index is 0.102. The Balaban J connectivity index is 2.70. The second kappa shape index (κ2) is 6.95. The first-order valence-electron chi connectivity index (χ1n) is 5.45. The third-order valence-electron chi connectivity index (χ3n) is 2.38. The van der Waals surface area contributed by atoms with Crippen LogP contribution in [0.25, 0.3) is 0 Å². The van der Waals surface area contributed by atoms with Crippen LogP contribution in [0.2, 0.25) is 0 Å². The molecule has 0 aliphatic carbocycles. The number of pyridine rings is 1. The van der Waals surface area contributed by atoms with Gasteiger partial charge in [0.15, 0.2) is 0 Å². The van der Waals surface area contributed by atoms with Gasteiger partial charge in [0.2, 0.25) is 0 Å². The second-order valence-corrected chi connectivity index (χ2v) is 4.50. The van der Waals surface area contributed by atoms with Crippen LogP contribution in [-0.2, 0) is 0 Å². The molecule has 0 aromatic carbocycles. The van der Waals surface area contributed by atoms with E-state index >= 15 is 0 Å². The van der Waals surface area contributed by atoms with E-state index in [1.165, 1.54) is 0 Å². The number of oxime groups is 1. The van der Waals surface area contributed by atoms with Gasteiger partial charge in [-0.25, -0.2) is 4.98 Å². The number of carbonyl (C=O) groups is 1. The van der Waals surface area contributed by atoms with Crippen LogP contribution in [0.3, 0.4) is 0 Å². The molecule has 1 heterocycles. The van der Waals surface area contributed by atoms with Crippen molar-refractivity contribution in [1.29, 1.82) is 0 Å². The summed E-state index contributed by atoms with van der Waals surface area (Å²) in [5.41, 5.74) is 5.75. The Bertz CT molecular complexity index is 433. The summed E-state index contributed by atoms with van der Waals surface area (Å²) in [6.07, 6.45) is 1.90. The van der Waals surface area contributed by atoms with E-state index in [9.17, 15) is 4.79 Å². The molecule has 3 N–H and O–H groups in total. The quantitative estimate of drug-likeness (QED) is 0.372. The lowest BCUT2D eigenvalue weighted by atomic mass is 10.3. The zero-order valence-electron chi connectivity index (χ0n) is 10.0. The van der Waals surface area contributed by atoms with Crippen LogP contribution in [0.1, 0.15) is 23.8 Å². The number of nitrogens with two attached hydrogens (primary N) is 1. The van der Waals surface area contributed by atoms with Crippen LogP contribution in [0, 0.1) is 0 Å². The Morgan fingerprint density at radius 1 is 1.61 bits per heavy atom. The minimum Gasteiger partial charge on any atom is -0.409 e. The highest BCUT2D eigenvalue weighted by molar-refractivity contribution is 9.10. The van der Waals surface area contributed by atoms with Crippen LogP contribution < -0.4 is 5.73 Å². The fourth-order valence-electron chi connectivity index (χ4n) is 1.37. The van der Waals surface area contributed by atoms with Crippen molar-refractivity contribution >= 4 is 27.7 Å². The van der Waals surface area contributed by atoms with Gasteiger partial charge in [-0.3, -0.25) is 4.79 Å². The van der Waals surface area contributed by atoms with Crippen LogP contribution in [0.5, 0.6) is 0 Å². The highest BCUT2D eigenvalue weighted by Crippen LogP contribution is 2.09. The summed E-state index contributed by atoms with van der Waals surface area (Å²) in [5, 5.41) is 11.3. The average Bonchev–Trinajstić information content (AvgIpc) is 2.39. The lowest BCUT2D eigenvalue weighted by molar-refractivity contribution is 0.0762. The van der Waals surface area contributed by atoms with Gasteiger partial charge < -0.3 is 15.8 Å². The van der Waals surface area contributed by atoms with Crippen molar-refractivity contribution in [2.75, 3.05) is 13.1 Å². The van der Waals surface area contributed by atoms with Crippen molar-refractivity contribution in [2.24, 2.45) is 10.9 Å². The molecule has 1 aromatic heterocycles. The van der Waals surface area contributed by atoms with E-state index in [0.29, 0.717) is 25.2 Å². The molecule has 0 aliphatic heterocycles. The van der Waals surface area contributed by atoms with E-state index in [-0.39, 0.29) is 11.7 Å². The molecular formula is C11H15BrN4O2. The van der Waals surface area contributed by atoms with Gasteiger partial charge in [-0.2, -0.15) is 0 Å². The first kappa shape index (κ1) is 14.4. The van der Waals surface area contributed by atoms with Crippen molar-refractivity contribution in [3.05, 3.63) is 28.5 Å². The second-order valence-electron chi connectivity index (χ2n) is 3.59. The molecule has 0 aliphatic rings. The van der Waals surface area contributed by atoms with E-state index < -0.39 is 0 Å². The highest BCUT2D eigenvalue weighted by Gasteiger charge is 2.15. The molecule has 0 unspecified atom stereocenters. The lowest BCUT2D eigenvalue weighted by Gasteiger charge is -2.19. The number of nitrogens with zero attached hydrogens (tertiary/aromatic N) is 3. The SMILES string of the molecule is CCN(CCC(N)=NO)C(=O)c1ccc(Br)cn1. The number of hydrogen-bond donors (Lipinski definition) is 2. The highest BCUT2D eigenvalue weighted by atomic mass is 79.9. The van der Waals surface area contributed by atoms with Crippen molar-refractivity contribution in [1.82, 2.24) is 9.88 Å². The summed E-state index contributed by atoms with van der Waals surface area (Å²) in [6, 6.07) is 3.41. The fourth-order valence-corrected chi connectivity index (χ4v) is 1.60. The van der Waals surface area contributed by atoms with Crippen LogP contribution in [0.4, 0.5) is 0 Å². The number of amidine groups is 1. The van der Waals surface area contributed by atoms with Gasteiger partial charge in [-0.15, -0.1) is 0 Å². The van der Waals surface area contributed by atoms with E-state index in [2.05, 4.69) is 26.1 Å². The van der Waals surface area contributed by atoms with E-state index in [4.69, 9.17) is 10.9 Å². The number of aromatic nitrogens is 1. The van der Waals surface area contributed by atoms with E-state index in [1.54, 1.807) is 23.2 Å². The topological polar surface area (TPSA) is 91.8 Å². The Morgan fingerprint density at radius 3 is 2.83 bits per heavy atom. The van der Waals surface area contributed by atoms with Gasteiger partial charge in [0.05, 0.1) is 0 Å². The van der Waals surface area contributed by atoms with Gasteiger partial charge in [0.1, 0.15) is 11.5 Å². The van der Waals surface area contributed by atoms with Gasteiger partial charge in [-0.1, -0.05) is 5.16 Å². The summed E-state index contributed by atoms with van der Waals surface area (Å²) in [4.78, 5) is 17.7. The van der Waals surface area contributed by atoms with Crippen molar-refractivity contribution in [3.63, 3.8) is 0 Å². The monoisotopic (exact) mass is 314 g/mol. The lowest BCUT2D eigenvalue weighted by Crippen LogP contribution is -2.34. The summed E-state index contributed by atoms with van der Waals surface area (Å²) >= 11 is 3.26. The van der Waals surface area contributed by atoms with Crippen molar-refractivity contribution in [3.8, 4) is 0 Å². The molecule has 0 saturated carbocycles. The third kappa shape index (κ3) is 3.99. The Kier molecular flexibility index (Phi) is 5.57. The largest absolute Gasteiger partial charge is 0.409 e. The molecule has 0 bridgehead atoms. The maximum Gasteiger partial charge on any atom is 0.272 e. The summed E-state index contributed by atoms with van der Waals surface area (Å²) in [7, 11) is 0. The minimum atomic E-state index is -0.171. The Labute approximate surface area is 114 Å². The number of carbonyl (C=O) groups excluding carboxylic acids is 1. The Morgan fingerprint density at radius 2 is 2.33 bits per heavy atom. The first-order chi connectivity index (χ1) is 8.58. The predicted molar refractivity (Wildman–Crippen MR) is 71.5 cm³/mol. The zero-order valence-corrected chi connectivity index (χ0v) is 11.6. The maximum absolute atomic E-state index is 12.1.